The number of carbonyl (C=O) groups is 1. The van der Waals surface area contributed by atoms with Gasteiger partial charge in [0.1, 0.15) is 0 Å². The number of rotatable bonds is 13. The second-order valence-corrected chi connectivity index (χ2v) is 15.0. The molecule has 1 aromatic rings. The zero-order valence-corrected chi connectivity index (χ0v) is 26.4. The van der Waals surface area contributed by atoms with E-state index in [4.69, 9.17) is 5.73 Å². The Balaban J connectivity index is 1.08. The molecule has 0 spiro atoms. The van der Waals surface area contributed by atoms with Gasteiger partial charge < -0.3 is 21.7 Å². The van der Waals surface area contributed by atoms with Crippen molar-refractivity contribution in [1.82, 2.24) is 16.0 Å². The molecule has 0 aliphatic heterocycles. The van der Waals surface area contributed by atoms with Crippen LogP contribution < -0.4 is 21.7 Å². The summed E-state index contributed by atoms with van der Waals surface area (Å²) < 4.78 is 0. The number of carbonyl (C=O) groups excluding carboxylic acids is 1. The molecule has 5 nitrogen and oxygen atoms in total. The van der Waals surface area contributed by atoms with E-state index in [0.717, 1.165) is 68.6 Å². The maximum Gasteiger partial charge on any atom is 0.220 e. The minimum Gasteiger partial charge on any atom is -0.353 e. The van der Waals surface area contributed by atoms with E-state index in [-0.39, 0.29) is 11.9 Å². The number of fused-ring (bicyclic) bond motifs is 5. The summed E-state index contributed by atoms with van der Waals surface area (Å²) in [6, 6.07) is 11.4. The van der Waals surface area contributed by atoms with Crippen LogP contribution in [0.2, 0.25) is 0 Å². The standard InChI is InChI=1S/C36H60N4O/c1-26(24-27-8-5-4-6-9-27)40-34(41)11-7-10-28-13-15-32-31-14-12-29-25-30(39-23-22-38-21-20-37)16-18-36(29,3)33(31)17-19-35(28,32)2/h4-6,8-9,26,28-33,38-39H,7,10-25,37H2,1-3H3,(H,40,41)/t26?,28?,29-,30?,31?,32?,33?,35?,36?/m1/s1. The predicted octanol–water partition coefficient (Wildman–Crippen LogP) is 6.07. The van der Waals surface area contributed by atoms with Crippen LogP contribution in [0.1, 0.15) is 103 Å². The Morgan fingerprint density at radius 2 is 1.73 bits per heavy atom. The summed E-state index contributed by atoms with van der Waals surface area (Å²) in [5, 5.41) is 10.6. The van der Waals surface area contributed by atoms with Gasteiger partial charge in [-0.2, -0.15) is 0 Å². The molecule has 8 unspecified atom stereocenters. The van der Waals surface area contributed by atoms with Gasteiger partial charge in [0.2, 0.25) is 5.91 Å². The Bertz CT molecular complexity index is 970. The molecular formula is C36H60N4O. The molecule has 1 aromatic carbocycles. The molecule has 41 heavy (non-hydrogen) atoms. The van der Waals surface area contributed by atoms with Gasteiger partial charge in [-0.3, -0.25) is 4.79 Å². The molecule has 0 bridgehead atoms. The number of hydrogen-bond acceptors (Lipinski definition) is 4. The van der Waals surface area contributed by atoms with Crippen LogP contribution in [0.15, 0.2) is 30.3 Å². The molecule has 0 radical (unpaired) electrons. The van der Waals surface area contributed by atoms with Crippen molar-refractivity contribution in [2.24, 2.45) is 46.2 Å². The first-order valence-electron chi connectivity index (χ1n) is 17.3. The first-order chi connectivity index (χ1) is 19.8. The molecule has 5 N–H and O–H groups in total. The van der Waals surface area contributed by atoms with Gasteiger partial charge in [-0.15, -0.1) is 0 Å². The highest BCUT2D eigenvalue weighted by Gasteiger charge is 2.59. The van der Waals surface area contributed by atoms with Crippen LogP contribution in [0.25, 0.3) is 0 Å². The molecule has 4 aliphatic rings. The molecule has 4 fully saturated rings. The maximum absolute atomic E-state index is 12.7. The monoisotopic (exact) mass is 564 g/mol. The molecule has 0 heterocycles. The summed E-state index contributed by atoms with van der Waals surface area (Å²) in [5.74, 6) is 4.72. The van der Waals surface area contributed by atoms with E-state index in [1.165, 1.54) is 69.8 Å². The Morgan fingerprint density at radius 1 is 0.951 bits per heavy atom. The zero-order valence-electron chi connectivity index (χ0n) is 26.4. The van der Waals surface area contributed by atoms with Crippen LogP contribution in [-0.4, -0.2) is 44.2 Å². The summed E-state index contributed by atoms with van der Waals surface area (Å²) in [6.07, 6.45) is 16.6. The van der Waals surface area contributed by atoms with Crippen LogP contribution >= 0.6 is 0 Å². The Labute approximate surface area is 251 Å². The third-order valence-electron chi connectivity index (χ3n) is 12.7. The predicted molar refractivity (Wildman–Crippen MR) is 171 cm³/mol. The van der Waals surface area contributed by atoms with E-state index >= 15 is 0 Å². The summed E-state index contributed by atoms with van der Waals surface area (Å²) in [7, 11) is 0. The fourth-order valence-corrected chi connectivity index (χ4v) is 10.5. The van der Waals surface area contributed by atoms with Crippen LogP contribution in [0.4, 0.5) is 0 Å². The minimum absolute atomic E-state index is 0.189. The lowest BCUT2D eigenvalue weighted by molar-refractivity contribution is -0.122. The summed E-state index contributed by atoms with van der Waals surface area (Å²) in [4.78, 5) is 12.7. The summed E-state index contributed by atoms with van der Waals surface area (Å²) in [5.41, 5.74) is 7.95. The van der Waals surface area contributed by atoms with E-state index in [2.05, 4.69) is 61.0 Å². The third-order valence-corrected chi connectivity index (χ3v) is 12.7. The summed E-state index contributed by atoms with van der Waals surface area (Å²) >= 11 is 0. The van der Waals surface area contributed by atoms with Crippen molar-refractivity contribution in [3.05, 3.63) is 35.9 Å². The van der Waals surface area contributed by atoms with Gasteiger partial charge in [0, 0.05) is 44.7 Å². The van der Waals surface area contributed by atoms with E-state index in [1.54, 1.807) is 0 Å². The largest absolute Gasteiger partial charge is 0.353 e. The van der Waals surface area contributed by atoms with Crippen LogP contribution in [0.5, 0.6) is 0 Å². The first-order valence-corrected chi connectivity index (χ1v) is 17.3. The molecule has 0 saturated heterocycles. The second-order valence-electron chi connectivity index (χ2n) is 15.0. The number of nitrogens with two attached hydrogens (primary N) is 1. The highest BCUT2D eigenvalue weighted by Crippen LogP contribution is 2.67. The van der Waals surface area contributed by atoms with Gasteiger partial charge in [0.25, 0.3) is 0 Å². The summed E-state index contributed by atoms with van der Waals surface area (Å²) in [6.45, 7) is 11.2. The number of hydrogen-bond donors (Lipinski definition) is 4. The Hall–Kier alpha value is -1.43. The van der Waals surface area contributed by atoms with Crippen LogP contribution in [0, 0.1) is 40.4 Å². The second kappa shape index (κ2) is 13.9. The lowest BCUT2D eigenvalue weighted by atomic mass is 9.44. The van der Waals surface area contributed by atoms with Gasteiger partial charge in [0.05, 0.1) is 0 Å². The van der Waals surface area contributed by atoms with Gasteiger partial charge in [0.15, 0.2) is 0 Å². The van der Waals surface area contributed by atoms with Crippen molar-refractivity contribution in [2.45, 2.75) is 116 Å². The van der Waals surface area contributed by atoms with Crippen molar-refractivity contribution < 1.29 is 4.79 Å². The maximum atomic E-state index is 12.7. The Morgan fingerprint density at radius 3 is 2.54 bits per heavy atom. The van der Waals surface area contributed by atoms with Gasteiger partial charge >= 0.3 is 0 Å². The van der Waals surface area contributed by atoms with Gasteiger partial charge in [-0.05, 0) is 130 Å². The van der Waals surface area contributed by atoms with Crippen molar-refractivity contribution in [3.63, 3.8) is 0 Å². The molecule has 230 valence electrons. The van der Waals surface area contributed by atoms with Crippen molar-refractivity contribution >= 4 is 5.91 Å². The van der Waals surface area contributed by atoms with Crippen LogP contribution in [0.3, 0.4) is 0 Å². The molecule has 1 amide bonds. The number of benzene rings is 1. The molecular weight excluding hydrogens is 504 g/mol. The SMILES string of the molecule is CC(Cc1ccccc1)NC(=O)CCCC1CCC2C3CC[C@@H]4CC(NCCNCCN)CCC4(C)C3CCC12C. The quantitative estimate of drug-likeness (QED) is 0.219. The van der Waals surface area contributed by atoms with Gasteiger partial charge in [-0.25, -0.2) is 0 Å². The average Bonchev–Trinajstić information content (AvgIpc) is 3.29. The lowest BCUT2D eigenvalue weighted by Crippen LogP contribution is -2.55. The first kappa shape index (κ1) is 31.0. The highest BCUT2D eigenvalue weighted by atomic mass is 16.1. The van der Waals surface area contributed by atoms with E-state index in [0.29, 0.717) is 23.3 Å². The van der Waals surface area contributed by atoms with Crippen molar-refractivity contribution in [2.75, 3.05) is 26.2 Å². The minimum atomic E-state index is 0.189. The fraction of sp³-hybridized carbons (Fsp3) is 0.806. The van der Waals surface area contributed by atoms with Gasteiger partial charge in [-0.1, -0.05) is 44.2 Å². The lowest BCUT2D eigenvalue weighted by Gasteiger charge is -2.61. The number of amides is 1. The zero-order chi connectivity index (χ0) is 28.9. The molecule has 5 rings (SSSR count). The van der Waals surface area contributed by atoms with Crippen LogP contribution in [-0.2, 0) is 11.2 Å². The third kappa shape index (κ3) is 7.04. The van der Waals surface area contributed by atoms with E-state index in [9.17, 15) is 4.79 Å². The Kier molecular flexibility index (Phi) is 10.5. The molecule has 4 aliphatic carbocycles. The number of nitrogens with one attached hydrogen (secondary N) is 3. The van der Waals surface area contributed by atoms with Crippen molar-refractivity contribution in [3.8, 4) is 0 Å². The normalized spacial score (nSPS) is 37.1. The molecule has 0 aromatic heterocycles. The van der Waals surface area contributed by atoms with E-state index in [1.807, 2.05) is 6.07 Å². The fourth-order valence-electron chi connectivity index (χ4n) is 10.5. The topological polar surface area (TPSA) is 79.2 Å². The van der Waals surface area contributed by atoms with Crippen molar-refractivity contribution in [1.29, 1.82) is 0 Å². The molecule has 9 atom stereocenters. The highest BCUT2D eigenvalue weighted by molar-refractivity contribution is 5.76. The molecule has 4 saturated carbocycles. The van der Waals surface area contributed by atoms with E-state index < -0.39 is 0 Å². The molecule has 5 heteroatoms. The average molecular weight is 565 g/mol. The smallest absolute Gasteiger partial charge is 0.220 e.